The fourth-order valence-corrected chi connectivity index (χ4v) is 3.10. The van der Waals surface area contributed by atoms with Crippen molar-refractivity contribution >= 4 is 11.3 Å². The Kier molecular flexibility index (Phi) is 2.99. The van der Waals surface area contributed by atoms with Gasteiger partial charge in [-0.3, -0.25) is 5.10 Å². The molecule has 4 heteroatoms. The van der Waals surface area contributed by atoms with E-state index in [0.29, 0.717) is 5.92 Å². The van der Waals surface area contributed by atoms with Gasteiger partial charge < -0.3 is 4.90 Å². The number of hydrogen-bond donors (Lipinski definition) is 1. The average Bonchev–Trinajstić information content (AvgIpc) is 3.00. The standard InChI is InChI=1S/C13H17N3S/c1-16-6-4-10(5-7-16)11-9-12(15-14-11)13-3-2-8-17-13/h2-3,8-10H,4-7H2,1H3,(H,14,15). The van der Waals surface area contributed by atoms with Gasteiger partial charge in [-0.15, -0.1) is 11.3 Å². The minimum absolute atomic E-state index is 0.635. The van der Waals surface area contributed by atoms with Crippen molar-refractivity contribution in [3.63, 3.8) is 0 Å². The molecule has 1 aliphatic heterocycles. The molecule has 0 aliphatic carbocycles. The van der Waals surface area contributed by atoms with Gasteiger partial charge in [0, 0.05) is 5.92 Å². The largest absolute Gasteiger partial charge is 0.306 e. The molecule has 0 amide bonds. The normalized spacial score (nSPS) is 18.6. The summed E-state index contributed by atoms with van der Waals surface area (Å²) >= 11 is 1.76. The highest BCUT2D eigenvalue weighted by atomic mass is 32.1. The molecule has 3 nitrogen and oxygen atoms in total. The predicted molar refractivity (Wildman–Crippen MR) is 71.4 cm³/mol. The first-order chi connectivity index (χ1) is 8.33. The molecule has 0 saturated carbocycles. The molecule has 2 aromatic rings. The lowest BCUT2D eigenvalue weighted by atomic mass is 9.94. The van der Waals surface area contributed by atoms with E-state index in [9.17, 15) is 0 Å². The molecule has 0 bridgehead atoms. The molecule has 1 N–H and O–H groups in total. The molecule has 17 heavy (non-hydrogen) atoms. The van der Waals surface area contributed by atoms with Crippen LogP contribution in [0.4, 0.5) is 0 Å². The molecular weight excluding hydrogens is 230 g/mol. The highest BCUT2D eigenvalue weighted by Crippen LogP contribution is 2.30. The van der Waals surface area contributed by atoms with Crippen molar-refractivity contribution in [2.24, 2.45) is 0 Å². The van der Waals surface area contributed by atoms with Crippen LogP contribution < -0.4 is 0 Å². The topological polar surface area (TPSA) is 31.9 Å². The molecule has 0 radical (unpaired) electrons. The first-order valence-electron chi connectivity index (χ1n) is 6.10. The number of nitrogens with one attached hydrogen (secondary N) is 1. The molecule has 2 aromatic heterocycles. The van der Waals surface area contributed by atoms with E-state index >= 15 is 0 Å². The lowest BCUT2D eigenvalue weighted by Gasteiger charge is -2.27. The maximum absolute atomic E-state index is 4.48. The third-order valence-corrected chi connectivity index (χ3v) is 4.42. The summed E-state index contributed by atoms with van der Waals surface area (Å²) < 4.78 is 0. The summed E-state index contributed by atoms with van der Waals surface area (Å²) in [5, 5.41) is 9.75. The maximum atomic E-state index is 4.48. The molecule has 0 atom stereocenters. The summed E-state index contributed by atoms with van der Waals surface area (Å²) in [5.74, 6) is 0.635. The van der Waals surface area contributed by atoms with Crippen LogP contribution in [0.25, 0.3) is 10.6 Å². The van der Waals surface area contributed by atoms with Crippen molar-refractivity contribution in [3.05, 3.63) is 29.3 Å². The average molecular weight is 247 g/mol. The number of hydrogen-bond acceptors (Lipinski definition) is 3. The fraction of sp³-hybridized carbons (Fsp3) is 0.462. The zero-order chi connectivity index (χ0) is 11.7. The van der Waals surface area contributed by atoms with E-state index in [-0.39, 0.29) is 0 Å². The van der Waals surface area contributed by atoms with Crippen LogP contribution in [0.3, 0.4) is 0 Å². The Morgan fingerprint density at radius 2 is 2.24 bits per heavy atom. The second-order valence-electron chi connectivity index (χ2n) is 4.76. The minimum Gasteiger partial charge on any atom is -0.306 e. The van der Waals surface area contributed by atoms with Gasteiger partial charge in [-0.25, -0.2) is 0 Å². The Labute approximate surface area is 105 Å². The van der Waals surface area contributed by atoms with Gasteiger partial charge in [0.25, 0.3) is 0 Å². The van der Waals surface area contributed by atoms with Gasteiger partial charge in [0.1, 0.15) is 0 Å². The zero-order valence-corrected chi connectivity index (χ0v) is 10.8. The van der Waals surface area contributed by atoms with Crippen molar-refractivity contribution < 1.29 is 0 Å². The molecule has 0 unspecified atom stereocenters. The Morgan fingerprint density at radius 1 is 1.41 bits per heavy atom. The molecular formula is C13H17N3S. The second kappa shape index (κ2) is 4.63. The highest BCUT2D eigenvalue weighted by molar-refractivity contribution is 7.13. The van der Waals surface area contributed by atoms with Crippen molar-refractivity contribution in [1.29, 1.82) is 0 Å². The Morgan fingerprint density at radius 3 is 2.94 bits per heavy atom. The van der Waals surface area contributed by atoms with Gasteiger partial charge in [-0.1, -0.05) is 6.07 Å². The Balaban J connectivity index is 1.76. The van der Waals surface area contributed by atoms with Gasteiger partial charge in [-0.2, -0.15) is 5.10 Å². The monoisotopic (exact) mass is 247 g/mol. The Bertz CT molecular complexity index is 467. The van der Waals surface area contributed by atoms with Crippen LogP contribution in [0.1, 0.15) is 24.5 Å². The smallest absolute Gasteiger partial charge is 0.0752 e. The lowest BCUT2D eigenvalue weighted by Crippen LogP contribution is -2.29. The molecule has 0 aromatic carbocycles. The van der Waals surface area contributed by atoms with Crippen LogP contribution in [0.15, 0.2) is 23.6 Å². The van der Waals surface area contributed by atoms with Crippen LogP contribution >= 0.6 is 11.3 Å². The van der Waals surface area contributed by atoms with Crippen LogP contribution in [0.5, 0.6) is 0 Å². The fourth-order valence-electron chi connectivity index (χ4n) is 2.41. The molecule has 1 saturated heterocycles. The second-order valence-corrected chi connectivity index (χ2v) is 5.71. The van der Waals surface area contributed by atoms with Gasteiger partial charge in [0.2, 0.25) is 0 Å². The number of rotatable bonds is 2. The number of thiophene rings is 1. The summed E-state index contributed by atoms with van der Waals surface area (Å²) in [6, 6.07) is 6.44. The van der Waals surface area contributed by atoms with E-state index < -0.39 is 0 Å². The van der Waals surface area contributed by atoms with Crippen molar-refractivity contribution in [3.8, 4) is 10.6 Å². The number of nitrogens with zero attached hydrogens (tertiary/aromatic N) is 2. The molecule has 3 rings (SSSR count). The van der Waals surface area contributed by atoms with Gasteiger partial charge in [0.15, 0.2) is 0 Å². The number of aromatic nitrogens is 2. The van der Waals surface area contributed by atoms with Crippen molar-refractivity contribution in [2.45, 2.75) is 18.8 Å². The third-order valence-electron chi connectivity index (χ3n) is 3.52. The summed E-state index contributed by atoms with van der Waals surface area (Å²) in [7, 11) is 2.19. The van der Waals surface area contributed by atoms with Crippen molar-refractivity contribution in [2.75, 3.05) is 20.1 Å². The Hall–Kier alpha value is -1.13. The van der Waals surface area contributed by atoms with Crippen LogP contribution in [0.2, 0.25) is 0 Å². The molecule has 1 aliphatic rings. The molecule has 3 heterocycles. The first kappa shape index (κ1) is 11.0. The summed E-state index contributed by atoms with van der Waals surface area (Å²) in [5.41, 5.74) is 2.40. The van der Waals surface area contributed by atoms with Crippen LogP contribution in [0, 0.1) is 0 Å². The van der Waals surface area contributed by atoms with Crippen LogP contribution in [-0.4, -0.2) is 35.2 Å². The summed E-state index contributed by atoms with van der Waals surface area (Å²) in [6.07, 6.45) is 2.45. The molecule has 1 fully saturated rings. The van der Waals surface area contributed by atoms with E-state index in [1.807, 2.05) is 0 Å². The van der Waals surface area contributed by atoms with Crippen LogP contribution in [-0.2, 0) is 0 Å². The quantitative estimate of drug-likeness (QED) is 0.885. The first-order valence-corrected chi connectivity index (χ1v) is 6.98. The third kappa shape index (κ3) is 2.28. The highest BCUT2D eigenvalue weighted by Gasteiger charge is 2.20. The maximum Gasteiger partial charge on any atom is 0.0752 e. The van der Waals surface area contributed by atoms with Gasteiger partial charge >= 0.3 is 0 Å². The van der Waals surface area contributed by atoms with E-state index in [1.54, 1.807) is 11.3 Å². The van der Waals surface area contributed by atoms with E-state index in [0.717, 1.165) is 5.69 Å². The number of H-pyrrole nitrogens is 1. The van der Waals surface area contributed by atoms with E-state index in [1.165, 1.54) is 36.5 Å². The predicted octanol–water partition coefficient (Wildman–Crippen LogP) is 2.95. The lowest BCUT2D eigenvalue weighted by molar-refractivity contribution is 0.253. The number of aromatic amines is 1. The molecule has 0 spiro atoms. The SMILES string of the molecule is CN1CCC(c2cc(-c3cccs3)[nH]n2)CC1. The molecule has 90 valence electrons. The van der Waals surface area contributed by atoms with Crippen molar-refractivity contribution in [1.82, 2.24) is 15.1 Å². The van der Waals surface area contributed by atoms with E-state index in [4.69, 9.17) is 0 Å². The van der Waals surface area contributed by atoms with E-state index in [2.05, 4.69) is 45.7 Å². The zero-order valence-electron chi connectivity index (χ0n) is 10.0. The summed E-state index contributed by atoms with van der Waals surface area (Å²) in [6.45, 7) is 2.37. The summed E-state index contributed by atoms with van der Waals surface area (Å²) in [4.78, 5) is 3.67. The number of piperidine rings is 1. The van der Waals surface area contributed by atoms with Gasteiger partial charge in [-0.05, 0) is 50.5 Å². The number of likely N-dealkylation sites (tertiary alicyclic amines) is 1. The van der Waals surface area contributed by atoms with Gasteiger partial charge in [0.05, 0.1) is 16.3 Å². The minimum atomic E-state index is 0.635.